The molecule has 0 saturated heterocycles. The van der Waals surface area contributed by atoms with E-state index < -0.39 is 0 Å². The maximum absolute atomic E-state index is 14.5. The molecule has 0 spiro atoms. The Hall–Kier alpha value is -4.59. The molecule has 0 atom stereocenters. The van der Waals surface area contributed by atoms with Gasteiger partial charge in [-0.15, -0.1) is 0 Å². The maximum atomic E-state index is 14.5. The smallest absolute Gasteiger partial charge is 0.138 e. The number of fused-ring (bicyclic) bond motifs is 2. The average Bonchev–Trinajstić information content (AvgIpc) is 3.43. The van der Waals surface area contributed by atoms with Gasteiger partial charge >= 0.3 is 0 Å². The molecule has 1 aromatic carbocycles. The van der Waals surface area contributed by atoms with E-state index in [9.17, 15) is 4.39 Å². The molecule has 0 aliphatic carbocycles. The third kappa shape index (κ3) is 2.89. The van der Waals surface area contributed by atoms with Crippen LogP contribution in [0.15, 0.2) is 73.2 Å². The number of pyridine rings is 3. The summed E-state index contributed by atoms with van der Waals surface area (Å²) in [6.45, 7) is 0. The minimum absolute atomic E-state index is 0.282. The molecule has 5 aromatic heterocycles. The van der Waals surface area contributed by atoms with E-state index in [-0.39, 0.29) is 5.82 Å². The molecule has 8 heteroatoms. The zero-order chi connectivity index (χ0) is 21.7. The lowest BCUT2D eigenvalue weighted by molar-refractivity contribution is 0.631. The van der Waals surface area contributed by atoms with Gasteiger partial charge in [-0.2, -0.15) is 5.10 Å². The largest absolute Gasteiger partial charge is 0.397 e. The minimum Gasteiger partial charge on any atom is -0.397 e. The van der Waals surface area contributed by atoms with Gasteiger partial charge in [0.05, 0.1) is 22.6 Å². The highest BCUT2D eigenvalue weighted by molar-refractivity contribution is 5.99. The fourth-order valence-corrected chi connectivity index (χ4v) is 3.91. The summed E-state index contributed by atoms with van der Waals surface area (Å²) in [6, 6.07) is 16.1. The quantitative estimate of drug-likeness (QED) is 0.374. The van der Waals surface area contributed by atoms with Gasteiger partial charge in [0.1, 0.15) is 22.7 Å². The number of hydrogen-bond donors (Lipinski definition) is 3. The summed E-state index contributed by atoms with van der Waals surface area (Å²) in [6.07, 6.45) is 4.98. The molecule has 4 N–H and O–H groups in total. The molecule has 0 radical (unpaired) electrons. The van der Waals surface area contributed by atoms with E-state index in [0.717, 1.165) is 33.4 Å². The molecular weight excluding hydrogens is 405 g/mol. The van der Waals surface area contributed by atoms with Crippen molar-refractivity contribution in [3.05, 3.63) is 79.0 Å². The van der Waals surface area contributed by atoms with Crippen molar-refractivity contribution in [1.29, 1.82) is 0 Å². The Kier molecular flexibility index (Phi) is 3.97. The first kappa shape index (κ1) is 18.2. The second kappa shape index (κ2) is 6.98. The third-order valence-electron chi connectivity index (χ3n) is 5.41. The highest BCUT2D eigenvalue weighted by Crippen LogP contribution is 2.34. The van der Waals surface area contributed by atoms with Crippen molar-refractivity contribution in [1.82, 2.24) is 30.1 Å². The Morgan fingerprint density at radius 1 is 0.938 bits per heavy atom. The van der Waals surface area contributed by atoms with E-state index in [1.165, 1.54) is 6.07 Å². The first-order valence-electron chi connectivity index (χ1n) is 9.96. The first-order valence-corrected chi connectivity index (χ1v) is 9.96. The predicted octanol–water partition coefficient (Wildman–Crippen LogP) is 4.95. The van der Waals surface area contributed by atoms with Crippen LogP contribution in [0.2, 0.25) is 0 Å². The van der Waals surface area contributed by atoms with Gasteiger partial charge in [0.15, 0.2) is 0 Å². The monoisotopic (exact) mass is 421 g/mol. The Morgan fingerprint density at radius 2 is 1.84 bits per heavy atom. The van der Waals surface area contributed by atoms with Crippen LogP contribution in [0.3, 0.4) is 0 Å². The molecule has 32 heavy (non-hydrogen) atoms. The van der Waals surface area contributed by atoms with Crippen LogP contribution in [0, 0.1) is 5.82 Å². The van der Waals surface area contributed by atoms with Crippen LogP contribution in [0.25, 0.3) is 55.8 Å². The number of nitrogens with two attached hydrogens (primary N) is 1. The van der Waals surface area contributed by atoms with Crippen LogP contribution in [-0.2, 0) is 0 Å². The molecular formula is C24H16FN7. The molecule has 0 aliphatic rings. The van der Waals surface area contributed by atoms with Crippen molar-refractivity contribution in [2.24, 2.45) is 0 Å². The van der Waals surface area contributed by atoms with Crippen molar-refractivity contribution >= 4 is 27.8 Å². The molecule has 0 bridgehead atoms. The summed E-state index contributed by atoms with van der Waals surface area (Å²) in [5.74, 6) is -0.282. The second-order valence-electron chi connectivity index (χ2n) is 7.46. The number of H-pyrrole nitrogens is 2. The van der Waals surface area contributed by atoms with Crippen molar-refractivity contribution in [3.63, 3.8) is 0 Å². The summed E-state index contributed by atoms with van der Waals surface area (Å²) < 4.78 is 14.5. The maximum Gasteiger partial charge on any atom is 0.138 e. The molecule has 0 fully saturated rings. The molecule has 0 saturated carbocycles. The molecule has 0 unspecified atom stereocenters. The van der Waals surface area contributed by atoms with Crippen LogP contribution in [-0.4, -0.2) is 30.1 Å². The van der Waals surface area contributed by atoms with Gasteiger partial charge in [0, 0.05) is 35.1 Å². The zero-order valence-electron chi connectivity index (χ0n) is 16.7. The first-order chi connectivity index (χ1) is 15.7. The van der Waals surface area contributed by atoms with E-state index >= 15 is 0 Å². The lowest BCUT2D eigenvalue weighted by Gasteiger charge is -2.04. The zero-order valence-corrected chi connectivity index (χ0v) is 16.7. The molecule has 0 aliphatic heterocycles. The molecule has 154 valence electrons. The summed E-state index contributed by atoms with van der Waals surface area (Å²) in [5.41, 5.74) is 12.8. The molecule has 6 rings (SSSR count). The van der Waals surface area contributed by atoms with Crippen molar-refractivity contribution in [2.75, 3.05) is 5.73 Å². The van der Waals surface area contributed by atoms with Gasteiger partial charge in [0.25, 0.3) is 0 Å². The fraction of sp³-hybridized carbons (Fsp3) is 0. The summed E-state index contributed by atoms with van der Waals surface area (Å²) >= 11 is 0. The van der Waals surface area contributed by atoms with Crippen molar-refractivity contribution < 1.29 is 4.39 Å². The lowest BCUT2D eigenvalue weighted by Crippen LogP contribution is -1.90. The number of aromatic nitrogens is 6. The van der Waals surface area contributed by atoms with Crippen LogP contribution in [0.4, 0.5) is 10.1 Å². The van der Waals surface area contributed by atoms with E-state index in [2.05, 4.69) is 25.1 Å². The Bertz CT molecular complexity index is 1620. The molecule has 5 heterocycles. The highest BCUT2D eigenvalue weighted by atomic mass is 19.1. The van der Waals surface area contributed by atoms with Crippen molar-refractivity contribution in [3.8, 4) is 33.8 Å². The minimum atomic E-state index is -0.282. The van der Waals surface area contributed by atoms with Crippen molar-refractivity contribution in [2.45, 2.75) is 0 Å². The highest BCUT2D eigenvalue weighted by Gasteiger charge is 2.17. The molecule has 0 amide bonds. The molecule has 6 aromatic rings. The number of hydrogen-bond acceptors (Lipinski definition) is 5. The van der Waals surface area contributed by atoms with Gasteiger partial charge in [-0.25, -0.2) is 14.4 Å². The predicted molar refractivity (Wildman–Crippen MR) is 122 cm³/mol. The standard InChI is InChI=1S/C24H16FN7/c25-18-4-2-1-3-16(18)15-7-8-28-24-17(15)10-21(30-24)23-22-20(31-32-23)6-5-19(29-22)13-9-14(26)12-27-11-13/h1-12H,26H2,(H,28,30)(H,31,32). The van der Waals surface area contributed by atoms with Crippen LogP contribution in [0.1, 0.15) is 0 Å². The molecule has 7 nitrogen and oxygen atoms in total. The second-order valence-corrected chi connectivity index (χ2v) is 7.46. The number of rotatable bonds is 3. The van der Waals surface area contributed by atoms with Crippen LogP contribution in [0.5, 0.6) is 0 Å². The van der Waals surface area contributed by atoms with Gasteiger partial charge in [-0.05, 0) is 42.0 Å². The van der Waals surface area contributed by atoms with E-state index in [1.807, 2.05) is 36.4 Å². The van der Waals surface area contributed by atoms with Gasteiger partial charge in [0.2, 0.25) is 0 Å². The SMILES string of the molecule is Nc1cncc(-c2ccc3[nH]nc(-c4cc5c(-c6ccccc6F)ccnc5[nH]4)c3n2)c1. The average molecular weight is 421 g/mol. The summed E-state index contributed by atoms with van der Waals surface area (Å²) in [7, 11) is 0. The Balaban J connectivity index is 1.52. The number of benzene rings is 1. The van der Waals surface area contributed by atoms with Gasteiger partial charge < -0.3 is 10.7 Å². The summed E-state index contributed by atoms with van der Waals surface area (Å²) in [4.78, 5) is 16.7. The number of anilines is 1. The van der Waals surface area contributed by atoms with Gasteiger partial charge in [-0.1, -0.05) is 18.2 Å². The van der Waals surface area contributed by atoms with E-state index in [4.69, 9.17) is 10.7 Å². The van der Waals surface area contributed by atoms with Crippen LogP contribution >= 0.6 is 0 Å². The van der Waals surface area contributed by atoms with Crippen LogP contribution < -0.4 is 5.73 Å². The Labute approximate surface area is 181 Å². The normalized spacial score (nSPS) is 11.4. The lowest BCUT2D eigenvalue weighted by atomic mass is 10.0. The number of nitrogens with zero attached hydrogens (tertiary/aromatic N) is 4. The van der Waals surface area contributed by atoms with E-state index in [1.54, 1.807) is 30.7 Å². The fourth-order valence-electron chi connectivity index (χ4n) is 3.91. The van der Waals surface area contributed by atoms with E-state index in [0.29, 0.717) is 28.1 Å². The topological polar surface area (TPSA) is 109 Å². The number of nitrogens with one attached hydrogen (secondary N) is 2. The Morgan fingerprint density at radius 3 is 2.72 bits per heavy atom. The van der Waals surface area contributed by atoms with Gasteiger partial charge in [-0.3, -0.25) is 10.1 Å². The third-order valence-corrected chi connectivity index (χ3v) is 5.41. The number of nitrogen functional groups attached to an aromatic ring is 1. The number of halogens is 1. The summed E-state index contributed by atoms with van der Waals surface area (Å²) in [5, 5.41) is 8.30. The number of aromatic amines is 2.